The number of aliphatic imine (C=N–C) groups is 1. The fourth-order valence-corrected chi connectivity index (χ4v) is 1.26. The quantitative estimate of drug-likeness (QED) is 0.204. The maximum atomic E-state index is 11.1. The third-order valence-electron chi connectivity index (χ3n) is 2.06. The van der Waals surface area contributed by atoms with E-state index in [0.717, 1.165) is 12.5 Å². The van der Waals surface area contributed by atoms with Crippen LogP contribution >= 0.6 is 24.0 Å². The number of esters is 1. The average molecular weight is 387 g/mol. The number of methoxy groups -OCH3 is 1. The topological polar surface area (TPSA) is 72.0 Å². The van der Waals surface area contributed by atoms with Crippen molar-refractivity contribution >= 4 is 35.9 Å². The number of nitrogens with one attached hydrogen (secondary N) is 2. The minimum absolute atomic E-state index is 0. The Bertz CT molecular complexity index is 250. The molecule has 0 saturated heterocycles. The van der Waals surface area contributed by atoms with Crippen LogP contribution in [0.5, 0.6) is 0 Å². The lowest BCUT2D eigenvalue weighted by Crippen LogP contribution is -2.39. The van der Waals surface area contributed by atoms with Gasteiger partial charge in [-0.2, -0.15) is 0 Å². The number of rotatable bonds is 9. The van der Waals surface area contributed by atoms with E-state index >= 15 is 0 Å². The SMILES string of the molecule is CCNC(=NCCCC(=O)OCC)NCCOC.I. The van der Waals surface area contributed by atoms with E-state index < -0.39 is 0 Å². The molecular formula is C12H26IN3O3. The van der Waals surface area contributed by atoms with Crippen LogP contribution in [-0.2, 0) is 14.3 Å². The van der Waals surface area contributed by atoms with Crippen molar-refractivity contribution in [2.45, 2.75) is 26.7 Å². The highest BCUT2D eigenvalue weighted by Gasteiger charge is 2.01. The maximum absolute atomic E-state index is 11.1. The van der Waals surface area contributed by atoms with Gasteiger partial charge in [-0.3, -0.25) is 9.79 Å². The van der Waals surface area contributed by atoms with Crippen molar-refractivity contribution in [2.24, 2.45) is 4.99 Å². The number of hydrogen-bond donors (Lipinski definition) is 2. The van der Waals surface area contributed by atoms with E-state index in [1.165, 1.54) is 0 Å². The number of ether oxygens (including phenoxy) is 2. The van der Waals surface area contributed by atoms with Gasteiger partial charge in [0, 0.05) is 33.2 Å². The van der Waals surface area contributed by atoms with Crippen molar-refractivity contribution in [1.82, 2.24) is 10.6 Å². The van der Waals surface area contributed by atoms with Crippen molar-refractivity contribution in [3.05, 3.63) is 0 Å². The molecule has 0 aromatic rings. The van der Waals surface area contributed by atoms with Gasteiger partial charge in [0.15, 0.2) is 5.96 Å². The minimum atomic E-state index is -0.162. The van der Waals surface area contributed by atoms with Crippen LogP contribution in [0.4, 0.5) is 0 Å². The first-order valence-corrected chi connectivity index (χ1v) is 6.41. The average Bonchev–Trinajstić information content (AvgIpc) is 2.35. The molecule has 0 aliphatic carbocycles. The van der Waals surface area contributed by atoms with E-state index in [4.69, 9.17) is 9.47 Å². The lowest BCUT2D eigenvalue weighted by Gasteiger charge is -2.10. The lowest BCUT2D eigenvalue weighted by molar-refractivity contribution is -0.143. The molecule has 0 radical (unpaired) electrons. The van der Waals surface area contributed by atoms with Crippen LogP contribution in [0.3, 0.4) is 0 Å². The van der Waals surface area contributed by atoms with Crippen LogP contribution in [0.15, 0.2) is 4.99 Å². The zero-order valence-corrected chi connectivity index (χ0v) is 14.4. The third-order valence-corrected chi connectivity index (χ3v) is 2.06. The molecular weight excluding hydrogens is 361 g/mol. The normalized spacial score (nSPS) is 10.6. The summed E-state index contributed by atoms with van der Waals surface area (Å²) in [5.74, 6) is 0.587. The zero-order valence-electron chi connectivity index (χ0n) is 12.0. The molecule has 0 amide bonds. The largest absolute Gasteiger partial charge is 0.466 e. The van der Waals surface area contributed by atoms with Crippen molar-refractivity contribution in [3.8, 4) is 0 Å². The van der Waals surface area contributed by atoms with Gasteiger partial charge < -0.3 is 20.1 Å². The third kappa shape index (κ3) is 13.7. The summed E-state index contributed by atoms with van der Waals surface area (Å²) in [7, 11) is 1.66. The predicted octanol–water partition coefficient (Wildman–Crippen LogP) is 1.15. The molecule has 0 aromatic carbocycles. The Morgan fingerprint density at radius 1 is 1.26 bits per heavy atom. The summed E-state index contributed by atoms with van der Waals surface area (Å²) < 4.78 is 9.79. The van der Waals surface area contributed by atoms with Crippen LogP contribution in [-0.4, -0.2) is 51.9 Å². The first kappa shape index (κ1) is 20.7. The van der Waals surface area contributed by atoms with Crippen LogP contribution in [0.1, 0.15) is 26.7 Å². The summed E-state index contributed by atoms with van der Waals surface area (Å²) in [6.07, 6.45) is 1.11. The summed E-state index contributed by atoms with van der Waals surface area (Å²) in [6.45, 7) is 6.99. The van der Waals surface area contributed by atoms with Gasteiger partial charge in [-0.25, -0.2) is 0 Å². The van der Waals surface area contributed by atoms with Gasteiger partial charge in [0.2, 0.25) is 0 Å². The molecule has 7 heteroatoms. The number of halogens is 1. The van der Waals surface area contributed by atoms with Gasteiger partial charge in [-0.05, 0) is 20.3 Å². The minimum Gasteiger partial charge on any atom is -0.466 e. The Labute approximate surface area is 132 Å². The lowest BCUT2D eigenvalue weighted by atomic mass is 10.3. The smallest absolute Gasteiger partial charge is 0.305 e. The van der Waals surface area contributed by atoms with E-state index in [9.17, 15) is 4.79 Å². The molecule has 0 aliphatic heterocycles. The van der Waals surface area contributed by atoms with Gasteiger partial charge in [-0.15, -0.1) is 24.0 Å². The van der Waals surface area contributed by atoms with Crippen molar-refractivity contribution in [2.75, 3.05) is 40.0 Å². The number of guanidine groups is 1. The molecule has 0 fully saturated rings. The van der Waals surface area contributed by atoms with Gasteiger partial charge in [0.25, 0.3) is 0 Å². The van der Waals surface area contributed by atoms with E-state index in [-0.39, 0.29) is 29.9 Å². The second kappa shape index (κ2) is 15.5. The van der Waals surface area contributed by atoms with Crippen molar-refractivity contribution < 1.29 is 14.3 Å². The molecule has 0 aromatic heterocycles. The fourth-order valence-electron chi connectivity index (χ4n) is 1.26. The predicted molar refractivity (Wildman–Crippen MR) is 87.1 cm³/mol. The maximum Gasteiger partial charge on any atom is 0.305 e. The molecule has 0 saturated carbocycles. The molecule has 19 heavy (non-hydrogen) atoms. The molecule has 0 unspecified atom stereocenters. The highest BCUT2D eigenvalue weighted by atomic mass is 127. The highest BCUT2D eigenvalue weighted by molar-refractivity contribution is 14.0. The second-order valence-electron chi connectivity index (χ2n) is 3.59. The molecule has 0 bridgehead atoms. The van der Waals surface area contributed by atoms with Gasteiger partial charge in [0.05, 0.1) is 13.2 Å². The van der Waals surface area contributed by atoms with E-state index in [2.05, 4.69) is 15.6 Å². The monoisotopic (exact) mass is 387 g/mol. The van der Waals surface area contributed by atoms with E-state index in [1.807, 2.05) is 6.92 Å². The summed E-state index contributed by atoms with van der Waals surface area (Å²) in [4.78, 5) is 15.5. The summed E-state index contributed by atoms with van der Waals surface area (Å²) in [5.41, 5.74) is 0. The molecule has 0 spiro atoms. The summed E-state index contributed by atoms with van der Waals surface area (Å²) in [6, 6.07) is 0. The first-order chi connectivity index (χ1) is 8.74. The van der Waals surface area contributed by atoms with Crippen molar-refractivity contribution in [3.63, 3.8) is 0 Å². The summed E-state index contributed by atoms with van der Waals surface area (Å²) >= 11 is 0. The van der Waals surface area contributed by atoms with E-state index in [0.29, 0.717) is 39.1 Å². The van der Waals surface area contributed by atoms with Crippen LogP contribution in [0, 0.1) is 0 Å². The molecule has 0 aliphatic rings. The Hall–Kier alpha value is -0.570. The number of nitrogens with zero attached hydrogens (tertiary/aromatic N) is 1. The first-order valence-electron chi connectivity index (χ1n) is 6.41. The van der Waals surface area contributed by atoms with Gasteiger partial charge >= 0.3 is 5.97 Å². The van der Waals surface area contributed by atoms with Crippen LogP contribution < -0.4 is 10.6 Å². The Balaban J connectivity index is 0. The molecule has 2 N–H and O–H groups in total. The Morgan fingerprint density at radius 2 is 2.00 bits per heavy atom. The van der Waals surface area contributed by atoms with Crippen molar-refractivity contribution in [1.29, 1.82) is 0 Å². The molecule has 0 heterocycles. The Morgan fingerprint density at radius 3 is 2.58 bits per heavy atom. The zero-order chi connectivity index (χ0) is 13.6. The van der Waals surface area contributed by atoms with Gasteiger partial charge in [0.1, 0.15) is 0 Å². The number of carbonyl (C=O) groups excluding carboxylic acids is 1. The molecule has 6 nitrogen and oxygen atoms in total. The fraction of sp³-hybridized carbons (Fsp3) is 0.833. The second-order valence-corrected chi connectivity index (χ2v) is 3.59. The number of carbonyl (C=O) groups is 1. The standard InChI is InChI=1S/C12H25N3O3.HI/c1-4-13-12(15-9-10-17-3)14-8-6-7-11(16)18-5-2;/h4-10H2,1-3H3,(H2,13,14,15);1H. The molecule has 114 valence electrons. The van der Waals surface area contributed by atoms with E-state index in [1.54, 1.807) is 14.0 Å². The molecule has 0 atom stereocenters. The number of hydrogen-bond acceptors (Lipinski definition) is 4. The van der Waals surface area contributed by atoms with Crippen LogP contribution in [0.2, 0.25) is 0 Å². The Kier molecular flexibility index (Phi) is 16.9. The highest BCUT2D eigenvalue weighted by Crippen LogP contribution is 1.93. The molecule has 0 rings (SSSR count). The van der Waals surface area contributed by atoms with Crippen LogP contribution in [0.25, 0.3) is 0 Å². The van der Waals surface area contributed by atoms with Gasteiger partial charge in [-0.1, -0.05) is 0 Å². The summed E-state index contributed by atoms with van der Waals surface area (Å²) in [5, 5.41) is 6.25.